The Labute approximate surface area is 173 Å². The summed E-state index contributed by atoms with van der Waals surface area (Å²) < 4.78 is 20.5. The Morgan fingerprint density at radius 1 is 1.07 bits per heavy atom. The molecule has 1 aromatic heterocycles. The maximum absolute atomic E-state index is 12.8. The van der Waals surface area contributed by atoms with E-state index < -0.39 is 5.97 Å². The van der Waals surface area contributed by atoms with Crippen molar-refractivity contribution in [1.82, 2.24) is 4.90 Å². The molecule has 1 aromatic carbocycles. The molecule has 0 spiro atoms. The van der Waals surface area contributed by atoms with E-state index in [1.807, 2.05) is 0 Å². The van der Waals surface area contributed by atoms with Crippen molar-refractivity contribution in [2.24, 2.45) is 5.92 Å². The highest BCUT2D eigenvalue weighted by atomic mass is 16.5. The van der Waals surface area contributed by atoms with Crippen LogP contribution in [0.1, 0.15) is 33.8 Å². The van der Waals surface area contributed by atoms with Crippen molar-refractivity contribution in [2.45, 2.75) is 12.8 Å². The van der Waals surface area contributed by atoms with Gasteiger partial charge in [-0.3, -0.25) is 9.59 Å². The molecule has 160 valence electrons. The van der Waals surface area contributed by atoms with Crippen molar-refractivity contribution in [3.8, 4) is 11.5 Å². The standard InChI is InChI=1S/C21H24N2O7/c1-27-17-11-14(21(26)29-3)15(12-18(17)28-2)22-19(24)13-6-8-23(9-7-13)20(25)16-5-4-10-30-16/h4-5,10-13H,6-9H2,1-3H3,(H,22,24). The molecule has 1 aliphatic rings. The number of furan rings is 1. The molecule has 1 aliphatic heterocycles. The molecule has 0 saturated carbocycles. The molecular formula is C21H24N2O7. The van der Waals surface area contributed by atoms with Gasteiger partial charge in [0.25, 0.3) is 5.91 Å². The lowest BCUT2D eigenvalue weighted by molar-refractivity contribution is -0.121. The smallest absolute Gasteiger partial charge is 0.340 e. The summed E-state index contributed by atoms with van der Waals surface area (Å²) >= 11 is 0. The van der Waals surface area contributed by atoms with Crippen molar-refractivity contribution in [3.63, 3.8) is 0 Å². The number of methoxy groups -OCH3 is 3. The second-order valence-corrected chi connectivity index (χ2v) is 6.78. The van der Waals surface area contributed by atoms with Crippen molar-refractivity contribution in [3.05, 3.63) is 41.9 Å². The molecule has 2 amide bonds. The summed E-state index contributed by atoms with van der Waals surface area (Å²) in [6, 6.07) is 6.27. The van der Waals surface area contributed by atoms with E-state index in [0.29, 0.717) is 37.4 Å². The van der Waals surface area contributed by atoms with Gasteiger partial charge in [0.05, 0.1) is 38.8 Å². The summed E-state index contributed by atoms with van der Waals surface area (Å²) in [6.07, 6.45) is 2.45. The number of ether oxygens (including phenoxy) is 3. The van der Waals surface area contributed by atoms with E-state index in [1.54, 1.807) is 17.0 Å². The van der Waals surface area contributed by atoms with Gasteiger partial charge in [0.1, 0.15) is 0 Å². The number of carbonyl (C=O) groups is 3. The van der Waals surface area contributed by atoms with Crippen LogP contribution in [0.2, 0.25) is 0 Å². The number of hydrogen-bond acceptors (Lipinski definition) is 7. The fourth-order valence-corrected chi connectivity index (χ4v) is 3.40. The first-order valence-electron chi connectivity index (χ1n) is 9.46. The second kappa shape index (κ2) is 9.34. The number of carbonyl (C=O) groups excluding carboxylic acids is 3. The van der Waals surface area contributed by atoms with E-state index in [-0.39, 0.29) is 34.7 Å². The minimum atomic E-state index is -0.606. The first kappa shape index (κ1) is 21.2. The van der Waals surface area contributed by atoms with Crippen molar-refractivity contribution < 1.29 is 33.0 Å². The Bertz CT molecular complexity index is 916. The van der Waals surface area contributed by atoms with Crippen LogP contribution in [-0.2, 0) is 9.53 Å². The summed E-state index contributed by atoms with van der Waals surface area (Å²) in [5, 5.41) is 2.80. The molecule has 2 aromatic rings. The van der Waals surface area contributed by atoms with Crippen molar-refractivity contribution >= 4 is 23.5 Å². The lowest BCUT2D eigenvalue weighted by atomic mass is 9.95. The first-order chi connectivity index (χ1) is 14.5. The summed E-state index contributed by atoms with van der Waals surface area (Å²) in [7, 11) is 4.18. The van der Waals surface area contributed by atoms with E-state index >= 15 is 0 Å². The van der Waals surface area contributed by atoms with E-state index in [2.05, 4.69) is 5.32 Å². The number of anilines is 1. The normalized spacial score (nSPS) is 14.2. The molecule has 3 rings (SSSR count). The van der Waals surface area contributed by atoms with Crippen LogP contribution in [0.25, 0.3) is 0 Å². The van der Waals surface area contributed by atoms with Gasteiger partial charge in [-0.25, -0.2) is 4.79 Å². The van der Waals surface area contributed by atoms with Gasteiger partial charge in [-0.2, -0.15) is 0 Å². The zero-order chi connectivity index (χ0) is 21.7. The predicted molar refractivity (Wildman–Crippen MR) is 107 cm³/mol. The SMILES string of the molecule is COC(=O)c1cc(OC)c(OC)cc1NC(=O)C1CCN(C(=O)c2ccco2)CC1. The van der Waals surface area contributed by atoms with Crippen LogP contribution >= 0.6 is 0 Å². The minimum Gasteiger partial charge on any atom is -0.493 e. The number of hydrogen-bond donors (Lipinski definition) is 1. The number of nitrogens with one attached hydrogen (secondary N) is 1. The predicted octanol–water partition coefficient (Wildman–Crippen LogP) is 2.57. The molecule has 9 nitrogen and oxygen atoms in total. The van der Waals surface area contributed by atoms with Gasteiger partial charge in [0.2, 0.25) is 5.91 Å². The van der Waals surface area contributed by atoms with Crippen LogP contribution in [-0.4, -0.2) is 57.1 Å². The summed E-state index contributed by atoms with van der Waals surface area (Å²) in [6.45, 7) is 0.876. The average Bonchev–Trinajstić information content (AvgIpc) is 3.32. The Balaban J connectivity index is 1.70. The monoisotopic (exact) mass is 416 g/mol. The largest absolute Gasteiger partial charge is 0.493 e. The number of likely N-dealkylation sites (tertiary alicyclic amines) is 1. The zero-order valence-electron chi connectivity index (χ0n) is 17.1. The highest BCUT2D eigenvalue weighted by Gasteiger charge is 2.30. The maximum atomic E-state index is 12.8. The quantitative estimate of drug-likeness (QED) is 0.721. The number of amides is 2. The molecule has 0 unspecified atom stereocenters. The lowest BCUT2D eigenvalue weighted by Crippen LogP contribution is -2.41. The van der Waals surface area contributed by atoms with Crippen LogP contribution in [0.4, 0.5) is 5.69 Å². The Kier molecular flexibility index (Phi) is 6.61. The van der Waals surface area contributed by atoms with Crippen LogP contribution in [0.3, 0.4) is 0 Å². The zero-order valence-corrected chi connectivity index (χ0v) is 17.1. The Morgan fingerprint density at radius 2 is 1.73 bits per heavy atom. The number of rotatable bonds is 6. The second-order valence-electron chi connectivity index (χ2n) is 6.78. The number of benzene rings is 1. The first-order valence-corrected chi connectivity index (χ1v) is 9.46. The van der Waals surface area contributed by atoms with Gasteiger partial charge >= 0.3 is 5.97 Å². The fourth-order valence-electron chi connectivity index (χ4n) is 3.40. The molecule has 1 N–H and O–H groups in total. The molecular weight excluding hydrogens is 392 g/mol. The topological polar surface area (TPSA) is 107 Å². The maximum Gasteiger partial charge on any atom is 0.340 e. The van der Waals surface area contributed by atoms with E-state index in [9.17, 15) is 14.4 Å². The minimum absolute atomic E-state index is 0.161. The molecule has 0 bridgehead atoms. The summed E-state index contributed by atoms with van der Waals surface area (Å²) in [4.78, 5) is 39.0. The highest BCUT2D eigenvalue weighted by Crippen LogP contribution is 2.34. The van der Waals surface area contributed by atoms with Crippen LogP contribution < -0.4 is 14.8 Å². The summed E-state index contributed by atoms with van der Waals surface area (Å²) in [5.74, 6) is -0.329. The van der Waals surface area contributed by atoms with Gasteiger partial charge in [-0.05, 0) is 25.0 Å². The lowest BCUT2D eigenvalue weighted by Gasteiger charge is -2.30. The van der Waals surface area contributed by atoms with E-state index in [1.165, 1.54) is 39.7 Å². The summed E-state index contributed by atoms with van der Waals surface area (Å²) in [5.41, 5.74) is 0.438. The number of nitrogens with zero attached hydrogens (tertiary/aromatic N) is 1. The van der Waals surface area contributed by atoms with E-state index in [0.717, 1.165) is 0 Å². The molecule has 2 heterocycles. The van der Waals surface area contributed by atoms with Gasteiger partial charge in [0, 0.05) is 31.1 Å². The van der Waals surface area contributed by atoms with Crippen molar-refractivity contribution in [2.75, 3.05) is 39.7 Å². The fraction of sp³-hybridized carbons (Fsp3) is 0.381. The third kappa shape index (κ3) is 4.40. The number of piperidine rings is 1. The third-order valence-corrected chi connectivity index (χ3v) is 5.07. The Hall–Kier alpha value is -3.49. The molecule has 0 atom stereocenters. The molecule has 0 aliphatic carbocycles. The number of esters is 1. The van der Waals surface area contributed by atoms with Crippen LogP contribution in [0.5, 0.6) is 11.5 Å². The molecule has 30 heavy (non-hydrogen) atoms. The van der Waals surface area contributed by atoms with Gasteiger partial charge < -0.3 is 28.8 Å². The Morgan fingerprint density at radius 3 is 2.30 bits per heavy atom. The van der Waals surface area contributed by atoms with Gasteiger partial charge in [0.15, 0.2) is 17.3 Å². The van der Waals surface area contributed by atoms with E-state index in [4.69, 9.17) is 18.6 Å². The highest BCUT2D eigenvalue weighted by molar-refractivity contribution is 6.03. The van der Waals surface area contributed by atoms with Crippen molar-refractivity contribution in [1.29, 1.82) is 0 Å². The molecule has 1 saturated heterocycles. The molecule has 0 radical (unpaired) electrons. The third-order valence-electron chi connectivity index (χ3n) is 5.07. The van der Waals surface area contributed by atoms with Gasteiger partial charge in [-0.1, -0.05) is 0 Å². The van der Waals surface area contributed by atoms with Crippen LogP contribution in [0.15, 0.2) is 34.9 Å². The molecule has 1 fully saturated rings. The van der Waals surface area contributed by atoms with Gasteiger partial charge in [-0.15, -0.1) is 0 Å². The average molecular weight is 416 g/mol. The van der Waals surface area contributed by atoms with Crippen LogP contribution in [0, 0.1) is 5.92 Å². The molecule has 9 heteroatoms.